The van der Waals surface area contributed by atoms with Crippen molar-refractivity contribution in [2.45, 2.75) is 32.7 Å². The second kappa shape index (κ2) is 11.5. The number of hydrogen-bond donors (Lipinski definition) is 2. The third-order valence-electron chi connectivity index (χ3n) is 4.08. The monoisotopic (exact) mass is 446 g/mol. The summed E-state index contributed by atoms with van der Waals surface area (Å²) in [6, 6.07) is 6.74. The van der Waals surface area contributed by atoms with E-state index in [0.717, 1.165) is 38.6 Å². The molecule has 136 valence electrons. The van der Waals surface area contributed by atoms with E-state index in [1.165, 1.54) is 29.7 Å². The van der Waals surface area contributed by atoms with Crippen LogP contribution in [0.15, 0.2) is 23.2 Å². The van der Waals surface area contributed by atoms with Crippen LogP contribution in [-0.2, 0) is 17.7 Å². The summed E-state index contributed by atoms with van der Waals surface area (Å²) in [5.41, 5.74) is 4.09. The molecule has 2 rings (SSSR count). The van der Waals surface area contributed by atoms with Crippen LogP contribution in [0.5, 0.6) is 0 Å². The lowest BCUT2D eigenvalue weighted by Crippen LogP contribution is -2.38. The zero-order chi connectivity index (χ0) is 16.5. The van der Waals surface area contributed by atoms with Gasteiger partial charge in [-0.2, -0.15) is 0 Å². The lowest BCUT2D eigenvalue weighted by molar-refractivity contribution is 0.195. The lowest BCUT2D eigenvalue weighted by Gasteiger charge is -2.27. The molecule has 0 unspecified atom stereocenters. The molecule has 1 aliphatic heterocycles. The molecule has 0 spiro atoms. The van der Waals surface area contributed by atoms with E-state index in [4.69, 9.17) is 4.74 Å². The molecule has 5 nitrogen and oxygen atoms in total. The minimum atomic E-state index is 0. The van der Waals surface area contributed by atoms with E-state index < -0.39 is 0 Å². The van der Waals surface area contributed by atoms with Gasteiger partial charge in [0, 0.05) is 46.1 Å². The topological polar surface area (TPSA) is 48.9 Å². The van der Waals surface area contributed by atoms with Gasteiger partial charge in [0.1, 0.15) is 0 Å². The predicted octanol–water partition coefficient (Wildman–Crippen LogP) is 2.78. The summed E-state index contributed by atoms with van der Waals surface area (Å²) < 4.78 is 5.07. The highest BCUT2D eigenvalue weighted by molar-refractivity contribution is 14.0. The number of halogens is 1. The minimum Gasteiger partial charge on any atom is -0.385 e. The Balaban J connectivity index is 0.00000288. The van der Waals surface area contributed by atoms with Gasteiger partial charge in [-0.25, -0.2) is 4.99 Å². The summed E-state index contributed by atoms with van der Waals surface area (Å²) >= 11 is 0. The van der Waals surface area contributed by atoms with Crippen molar-refractivity contribution in [2.75, 3.05) is 45.3 Å². The molecule has 2 N–H and O–H groups in total. The van der Waals surface area contributed by atoms with Crippen LogP contribution in [0, 0.1) is 0 Å². The molecule has 0 atom stereocenters. The fraction of sp³-hybridized carbons (Fsp3) is 0.611. The maximum atomic E-state index is 5.07. The van der Waals surface area contributed by atoms with Gasteiger partial charge in [-0.3, -0.25) is 0 Å². The van der Waals surface area contributed by atoms with Crippen LogP contribution in [0.25, 0.3) is 0 Å². The van der Waals surface area contributed by atoms with Crippen molar-refractivity contribution in [1.29, 1.82) is 0 Å². The van der Waals surface area contributed by atoms with E-state index >= 15 is 0 Å². The van der Waals surface area contributed by atoms with Gasteiger partial charge in [-0.15, -0.1) is 24.0 Å². The van der Waals surface area contributed by atoms with Crippen molar-refractivity contribution in [2.24, 2.45) is 4.99 Å². The maximum absolute atomic E-state index is 5.07. The van der Waals surface area contributed by atoms with Crippen LogP contribution in [0.2, 0.25) is 0 Å². The first-order valence-corrected chi connectivity index (χ1v) is 8.58. The van der Waals surface area contributed by atoms with E-state index in [-0.39, 0.29) is 24.0 Å². The molecule has 6 heteroatoms. The number of guanidine groups is 1. The average molecular weight is 446 g/mol. The molecule has 1 heterocycles. The quantitative estimate of drug-likeness (QED) is 0.293. The summed E-state index contributed by atoms with van der Waals surface area (Å²) in [6.45, 7) is 6.45. The zero-order valence-corrected chi connectivity index (χ0v) is 17.4. The molecule has 0 aromatic heterocycles. The summed E-state index contributed by atoms with van der Waals surface area (Å²) in [4.78, 5) is 7.03. The van der Waals surface area contributed by atoms with Crippen molar-refractivity contribution in [3.05, 3.63) is 29.3 Å². The zero-order valence-electron chi connectivity index (χ0n) is 15.1. The van der Waals surface area contributed by atoms with Gasteiger partial charge in [0.15, 0.2) is 5.96 Å². The molecule has 0 radical (unpaired) electrons. The number of methoxy groups -OCH3 is 1. The smallest absolute Gasteiger partial charge is 0.191 e. The third kappa shape index (κ3) is 6.47. The highest BCUT2D eigenvalue weighted by Gasteiger charge is 2.13. The van der Waals surface area contributed by atoms with Crippen molar-refractivity contribution >= 4 is 35.6 Å². The lowest BCUT2D eigenvalue weighted by atomic mass is 10.00. The number of rotatable bonds is 7. The number of nitrogens with zero attached hydrogens (tertiary/aromatic N) is 2. The van der Waals surface area contributed by atoms with Gasteiger partial charge in [-0.05, 0) is 43.4 Å². The Labute approximate surface area is 163 Å². The van der Waals surface area contributed by atoms with E-state index in [1.807, 2.05) is 0 Å². The fourth-order valence-corrected chi connectivity index (χ4v) is 2.87. The number of nitrogens with one attached hydrogen (secondary N) is 2. The Morgan fingerprint density at radius 2 is 2.17 bits per heavy atom. The van der Waals surface area contributed by atoms with E-state index in [0.29, 0.717) is 6.54 Å². The van der Waals surface area contributed by atoms with Crippen LogP contribution in [0.4, 0.5) is 5.69 Å². The molecule has 0 amide bonds. The standard InChI is InChI=1S/C18H30N4O.HI/c1-4-19-18(20-10-6-12-23-3)21-14-15-8-9-17-16(13-15)7-5-11-22(17)2;/h8-9,13H,4-7,10-12,14H2,1-3H3,(H2,19,20,21);1H. The van der Waals surface area contributed by atoms with Crippen LogP contribution < -0.4 is 15.5 Å². The number of aryl methyl sites for hydroxylation is 1. The Morgan fingerprint density at radius 1 is 1.33 bits per heavy atom. The maximum Gasteiger partial charge on any atom is 0.191 e. The van der Waals surface area contributed by atoms with E-state index in [2.05, 4.69) is 52.7 Å². The van der Waals surface area contributed by atoms with Crippen LogP contribution in [0.3, 0.4) is 0 Å². The van der Waals surface area contributed by atoms with Crippen LogP contribution in [-0.4, -0.2) is 46.4 Å². The first kappa shape index (κ1) is 21.0. The van der Waals surface area contributed by atoms with Gasteiger partial charge in [0.2, 0.25) is 0 Å². The number of hydrogen-bond acceptors (Lipinski definition) is 3. The molecule has 1 aromatic carbocycles. The number of ether oxygens (including phenoxy) is 1. The summed E-state index contributed by atoms with van der Waals surface area (Å²) in [7, 11) is 3.90. The van der Waals surface area contributed by atoms with Crippen LogP contribution >= 0.6 is 24.0 Å². The minimum absolute atomic E-state index is 0. The normalized spacial score (nSPS) is 14.0. The van der Waals surface area contributed by atoms with Gasteiger partial charge in [0.25, 0.3) is 0 Å². The number of anilines is 1. The van der Waals surface area contributed by atoms with Crippen LogP contribution in [0.1, 0.15) is 30.9 Å². The Bertz CT molecular complexity index is 522. The fourth-order valence-electron chi connectivity index (χ4n) is 2.87. The first-order valence-electron chi connectivity index (χ1n) is 8.58. The highest BCUT2D eigenvalue weighted by atomic mass is 127. The summed E-state index contributed by atoms with van der Waals surface area (Å²) in [5, 5.41) is 6.63. The number of benzene rings is 1. The van der Waals surface area contributed by atoms with E-state index in [9.17, 15) is 0 Å². The molecule has 0 bridgehead atoms. The highest BCUT2D eigenvalue weighted by Crippen LogP contribution is 2.26. The van der Waals surface area contributed by atoms with Gasteiger partial charge < -0.3 is 20.3 Å². The average Bonchev–Trinajstić information content (AvgIpc) is 2.56. The van der Waals surface area contributed by atoms with Crippen molar-refractivity contribution in [1.82, 2.24) is 10.6 Å². The molecule has 0 fully saturated rings. The molecule has 24 heavy (non-hydrogen) atoms. The molecule has 0 saturated carbocycles. The predicted molar refractivity (Wildman–Crippen MR) is 113 cm³/mol. The van der Waals surface area contributed by atoms with Gasteiger partial charge >= 0.3 is 0 Å². The summed E-state index contributed by atoms with van der Waals surface area (Å²) in [5.74, 6) is 0.874. The molecule has 1 aliphatic rings. The van der Waals surface area contributed by atoms with Crippen molar-refractivity contribution in [3.8, 4) is 0 Å². The Kier molecular flexibility index (Phi) is 10.1. The molecular weight excluding hydrogens is 415 g/mol. The second-order valence-corrected chi connectivity index (χ2v) is 5.96. The SMILES string of the molecule is CCNC(=NCc1ccc2c(c1)CCCN2C)NCCCOC.I. The Morgan fingerprint density at radius 3 is 2.92 bits per heavy atom. The molecular formula is C18H31IN4O. The van der Waals surface area contributed by atoms with Gasteiger partial charge in [0.05, 0.1) is 6.54 Å². The Hall–Kier alpha value is -1.02. The third-order valence-corrected chi connectivity index (χ3v) is 4.08. The van der Waals surface area contributed by atoms with Crippen molar-refractivity contribution < 1.29 is 4.74 Å². The van der Waals surface area contributed by atoms with E-state index in [1.54, 1.807) is 7.11 Å². The van der Waals surface area contributed by atoms with Crippen molar-refractivity contribution in [3.63, 3.8) is 0 Å². The number of aliphatic imine (C=N–C) groups is 1. The second-order valence-electron chi connectivity index (χ2n) is 5.96. The molecule has 0 aliphatic carbocycles. The molecule has 1 aromatic rings. The summed E-state index contributed by atoms with van der Waals surface area (Å²) in [6.07, 6.45) is 3.39. The number of fused-ring (bicyclic) bond motifs is 1. The first-order chi connectivity index (χ1) is 11.2. The molecule has 0 saturated heterocycles. The van der Waals surface area contributed by atoms with Gasteiger partial charge in [-0.1, -0.05) is 12.1 Å². The largest absolute Gasteiger partial charge is 0.385 e.